The van der Waals surface area contributed by atoms with Crippen LogP contribution in [0.5, 0.6) is 0 Å². The number of amides is 1. The summed E-state index contributed by atoms with van der Waals surface area (Å²) in [6.45, 7) is 8.27. The summed E-state index contributed by atoms with van der Waals surface area (Å²) in [7, 11) is 0. The minimum Gasteiger partial charge on any atom is -0.383 e. The summed E-state index contributed by atoms with van der Waals surface area (Å²) >= 11 is 2.66. The number of unbranched alkanes of at least 4 members (excludes halogenated alkanes) is 1. The molecule has 3 aromatic heterocycles. The lowest BCUT2D eigenvalue weighted by Crippen LogP contribution is -2.41. The molecule has 1 amide bonds. The number of carbonyl (C=O) groups is 1. The first-order valence-electron chi connectivity index (χ1n) is 10.3. The molecule has 12 heteroatoms. The van der Waals surface area contributed by atoms with Gasteiger partial charge >= 0.3 is 5.69 Å². The van der Waals surface area contributed by atoms with Crippen molar-refractivity contribution in [3.8, 4) is 0 Å². The summed E-state index contributed by atoms with van der Waals surface area (Å²) in [5.74, 6) is -0.00683. The summed E-state index contributed by atoms with van der Waals surface area (Å²) in [5.41, 5.74) is 12.0. The van der Waals surface area contributed by atoms with E-state index in [1.165, 1.54) is 20.8 Å². The molecule has 0 saturated heterocycles. The van der Waals surface area contributed by atoms with Crippen molar-refractivity contribution in [2.24, 2.45) is 0 Å². The number of thiophene rings is 1. The molecule has 172 valence electrons. The van der Waals surface area contributed by atoms with E-state index >= 15 is 0 Å². The molecule has 0 aliphatic rings. The Labute approximate surface area is 193 Å². The lowest BCUT2D eigenvalue weighted by molar-refractivity contribution is -0.116. The lowest BCUT2D eigenvalue weighted by atomic mass is 10.2. The van der Waals surface area contributed by atoms with Gasteiger partial charge in [0.25, 0.3) is 5.56 Å². The molecular formula is C20H27N7O3S2. The standard InChI is InChI=1S/C20H27N7O3S2/c1-5-7-8-27-16(22)14(17(29)24-20(27)30)26(6-2)12(28)9-31-19-23-15(21)13-10(3)11(4)32-18(13)25-19/h5-9,22H2,1-4H3,(H2,21,23,25)(H,24,29,30). The van der Waals surface area contributed by atoms with Crippen LogP contribution in [0.3, 0.4) is 0 Å². The number of rotatable bonds is 8. The van der Waals surface area contributed by atoms with Crippen LogP contribution >= 0.6 is 23.1 Å². The van der Waals surface area contributed by atoms with Crippen molar-refractivity contribution in [3.05, 3.63) is 31.3 Å². The van der Waals surface area contributed by atoms with E-state index in [1.807, 2.05) is 20.8 Å². The zero-order valence-corrected chi connectivity index (χ0v) is 20.2. The average molecular weight is 478 g/mol. The summed E-state index contributed by atoms with van der Waals surface area (Å²) in [6.07, 6.45) is 1.57. The fourth-order valence-corrected chi connectivity index (χ4v) is 5.19. The van der Waals surface area contributed by atoms with Gasteiger partial charge in [0.1, 0.15) is 16.5 Å². The van der Waals surface area contributed by atoms with Crippen LogP contribution in [0.1, 0.15) is 37.1 Å². The van der Waals surface area contributed by atoms with E-state index in [-0.39, 0.29) is 29.7 Å². The smallest absolute Gasteiger partial charge is 0.330 e. The molecule has 0 unspecified atom stereocenters. The minimum atomic E-state index is -0.688. The predicted molar refractivity (Wildman–Crippen MR) is 131 cm³/mol. The highest BCUT2D eigenvalue weighted by molar-refractivity contribution is 7.99. The van der Waals surface area contributed by atoms with Crippen molar-refractivity contribution < 1.29 is 4.79 Å². The maximum absolute atomic E-state index is 13.0. The number of aromatic amines is 1. The Balaban J connectivity index is 1.87. The molecule has 3 rings (SSSR count). The Hall–Kier alpha value is -2.86. The predicted octanol–water partition coefficient (Wildman–Crippen LogP) is 2.27. The van der Waals surface area contributed by atoms with Gasteiger partial charge in [0.2, 0.25) is 5.91 Å². The van der Waals surface area contributed by atoms with Crippen molar-refractivity contribution >= 4 is 56.5 Å². The molecule has 5 N–H and O–H groups in total. The molecular weight excluding hydrogens is 450 g/mol. The number of aromatic nitrogens is 4. The zero-order valence-electron chi connectivity index (χ0n) is 18.5. The number of aryl methyl sites for hydroxylation is 2. The van der Waals surface area contributed by atoms with E-state index in [9.17, 15) is 14.4 Å². The van der Waals surface area contributed by atoms with E-state index in [1.54, 1.807) is 6.92 Å². The first-order valence-corrected chi connectivity index (χ1v) is 12.1. The van der Waals surface area contributed by atoms with Gasteiger partial charge in [0.05, 0.1) is 11.1 Å². The Kier molecular flexibility index (Phi) is 7.24. The fraction of sp³-hybridized carbons (Fsp3) is 0.450. The van der Waals surface area contributed by atoms with Crippen molar-refractivity contribution in [3.63, 3.8) is 0 Å². The van der Waals surface area contributed by atoms with Gasteiger partial charge in [0.15, 0.2) is 10.8 Å². The average Bonchev–Trinajstić information content (AvgIpc) is 3.03. The van der Waals surface area contributed by atoms with Crippen LogP contribution in [0.4, 0.5) is 17.3 Å². The molecule has 0 fully saturated rings. The third kappa shape index (κ3) is 4.51. The molecule has 0 radical (unpaired) electrons. The maximum atomic E-state index is 13.0. The number of nitrogens with one attached hydrogen (secondary N) is 1. The van der Waals surface area contributed by atoms with E-state index in [0.29, 0.717) is 23.9 Å². The van der Waals surface area contributed by atoms with Crippen molar-refractivity contribution in [2.45, 2.75) is 52.2 Å². The van der Waals surface area contributed by atoms with Crippen LogP contribution in [0.15, 0.2) is 14.7 Å². The van der Waals surface area contributed by atoms with Gasteiger partial charge in [-0.15, -0.1) is 11.3 Å². The number of hydrogen-bond acceptors (Lipinski definition) is 9. The number of anilines is 3. The molecule has 0 aliphatic heterocycles. The fourth-order valence-electron chi connectivity index (χ4n) is 3.36. The minimum absolute atomic E-state index is 0.0150. The Morgan fingerprint density at radius 3 is 2.59 bits per heavy atom. The molecule has 32 heavy (non-hydrogen) atoms. The SMILES string of the molecule is CCCCn1c(N)c(N(CC)C(=O)CSc2nc(N)c3c(C)c(C)sc3n2)c(=O)[nH]c1=O. The van der Waals surface area contributed by atoms with Crippen LogP contribution in [0.25, 0.3) is 10.2 Å². The second-order valence-electron chi connectivity index (χ2n) is 7.28. The number of nitrogens with zero attached hydrogens (tertiary/aromatic N) is 4. The third-order valence-corrected chi connectivity index (χ3v) is 7.13. The third-order valence-electron chi connectivity index (χ3n) is 5.20. The summed E-state index contributed by atoms with van der Waals surface area (Å²) in [4.78, 5) is 52.0. The topological polar surface area (TPSA) is 153 Å². The number of nitrogen functional groups attached to an aromatic ring is 2. The second kappa shape index (κ2) is 9.74. The molecule has 0 aromatic carbocycles. The summed E-state index contributed by atoms with van der Waals surface area (Å²) in [6, 6.07) is 0. The molecule has 0 spiro atoms. The lowest BCUT2D eigenvalue weighted by Gasteiger charge is -2.23. The highest BCUT2D eigenvalue weighted by Crippen LogP contribution is 2.33. The van der Waals surface area contributed by atoms with E-state index in [4.69, 9.17) is 11.5 Å². The highest BCUT2D eigenvalue weighted by atomic mass is 32.2. The molecule has 10 nitrogen and oxygen atoms in total. The number of hydrogen-bond donors (Lipinski definition) is 3. The monoisotopic (exact) mass is 477 g/mol. The van der Waals surface area contributed by atoms with E-state index in [0.717, 1.165) is 38.8 Å². The largest absolute Gasteiger partial charge is 0.383 e. The molecule has 0 atom stereocenters. The Bertz CT molecular complexity index is 1280. The van der Waals surface area contributed by atoms with Gasteiger partial charge in [-0.05, 0) is 32.8 Å². The van der Waals surface area contributed by atoms with Gasteiger partial charge < -0.3 is 16.4 Å². The van der Waals surface area contributed by atoms with Crippen molar-refractivity contribution in [2.75, 3.05) is 28.7 Å². The van der Waals surface area contributed by atoms with E-state index in [2.05, 4.69) is 15.0 Å². The van der Waals surface area contributed by atoms with Gasteiger partial charge in [0, 0.05) is 18.0 Å². The zero-order chi connectivity index (χ0) is 23.6. The first kappa shape index (κ1) is 23.8. The normalized spacial score (nSPS) is 11.2. The Morgan fingerprint density at radius 2 is 1.94 bits per heavy atom. The Morgan fingerprint density at radius 1 is 1.22 bits per heavy atom. The maximum Gasteiger partial charge on any atom is 0.330 e. The number of nitrogens with two attached hydrogens (primary N) is 2. The van der Waals surface area contributed by atoms with Crippen molar-refractivity contribution in [1.29, 1.82) is 0 Å². The van der Waals surface area contributed by atoms with Gasteiger partial charge in [-0.2, -0.15) is 0 Å². The molecule has 3 aromatic rings. The summed E-state index contributed by atoms with van der Waals surface area (Å²) in [5, 5.41) is 1.22. The van der Waals surface area contributed by atoms with Gasteiger partial charge in [-0.3, -0.25) is 19.1 Å². The van der Waals surface area contributed by atoms with Gasteiger partial charge in [-0.1, -0.05) is 25.1 Å². The van der Waals surface area contributed by atoms with Gasteiger partial charge in [-0.25, -0.2) is 14.8 Å². The number of H-pyrrole nitrogens is 1. The highest BCUT2D eigenvalue weighted by Gasteiger charge is 2.23. The number of fused-ring (bicyclic) bond motifs is 1. The molecule has 0 bridgehead atoms. The molecule has 0 aliphatic carbocycles. The van der Waals surface area contributed by atoms with Crippen LogP contribution in [0, 0.1) is 13.8 Å². The van der Waals surface area contributed by atoms with Crippen LogP contribution in [-0.2, 0) is 11.3 Å². The second-order valence-corrected chi connectivity index (χ2v) is 9.43. The number of thioether (sulfide) groups is 1. The van der Waals surface area contributed by atoms with Crippen LogP contribution < -0.4 is 27.6 Å². The molecule has 0 saturated carbocycles. The van der Waals surface area contributed by atoms with Crippen LogP contribution in [-0.4, -0.2) is 37.7 Å². The number of carbonyl (C=O) groups excluding carboxylic acids is 1. The quantitative estimate of drug-likeness (QED) is 0.330. The summed E-state index contributed by atoms with van der Waals surface area (Å²) < 4.78 is 1.29. The first-order chi connectivity index (χ1) is 15.2. The van der Waals surface area contributed by atoms with Crippen molar-refractivity contribution in [1.82, 2.24) is 19.5 Å². The van der Waals surface area contributed by atoms with Crippen LogP contribution in [0.2, 0.25) is 0 Å². The molecule has 3 heterocycles. The van der Waals surface area contributed by atoms with E-state index < -0.39 is 11.2 Å².